The van der Waals surface area contributed by atoms with Crippen LogP contribution in [0.3, 0.4) is 0 Å². The van der Waals surface area contributed by atoms with Gasteiger partial charge in [0.1, 0.15) is 17.1 Å². The van der Waals surface area contributed by atoms with Gasteiger partial charge in [-0.1, -0.05) is 31.9 Å². The number of fused-ring (bicyclic) bond motifs is 3. The van der Waals surface area contributed by atoms with E-state index in [9.17, 15) is 4.79 Å². The predicted molar refractivity (Wildman–Crippen MR) is 156 cm³/mol. The third-order valence-corrected chi connectivity index (χ3v) is 9.29. The number of unbranched alkanes of at least 4 members (excludes halogenated alkanes) is 2. The molecule has 1 fully saturated rings. The van der Waals surface area contributed by atoms with Gasteiger partial charge in [-0.25, -0.2) is 0 Å². The Bertz CT molecular complexity index is 1090. The summed E-state index contributed by atoms with van der Waals surface area (Å²) in [6.45, 7) is 16.3. The van der Waals surface area contributed by atoms with Crippen LogP contribution < -0.4 is 9.47 Å². The van der Waals surface area contributed by atoms with E-state index in [4.69, 9.17) is 14.7 Å². The lowest BCUT2D eigenvalue weighted by Crippen LogP contribution is -2.45. The summed E-state index contributed by atoms with van der Waals surface area (Å²) in [4.78, 5) is 18.0. The predicted octanol–water partition coefficient (Wildman–Crippen LogP) is 6.59. The van der Waals surface area contributed by atoms with Crippen molar-refractivity contribution >= 4 is 5.97 Å². The van der Waals surface area contributed by atoms with Gasteiger partial charge in [0.25, 0.3) is 0 Å². The number of nitriles is 1. The van der Waals surface area contributed by atoms with E-state index in [1.54, 1.807) is 0 Å². The maximum Gasteiger partial charge on any atom is 0.311 e. The Kier molecular flexibility index (Phi) is 9.45. The second-order valence-electron chi connectivity index (χ2n) is 13.3. The van der Waals surface area contributed by atoms with Crippen LogP contribution in [0.1, 0.15) is 103 Å². The molecule has 3 aliphatic rings. The number of carbonyl (C=O) groups is 1. The highest BCUT2D eigenvalue weighted by Crippen LogP contribution is 2.55. The summed E-state index contributed by atoms with van der Waals surface area (Å²) in [7, 11) is 2.16. The molecule has 0 saturated carbocycles. The molecule has 0 aromatic heterocycles. The fraction of sp³-hybridized carbons (Fsp3) is 0.697. The molecule has 39 heavy (non-hydrogen) atoms. The van der Waals surface area contributed by atoms with E-state index in [1.165, 1.54) is 5.57 Å². The smallest absolute Gasteiger partial charge is 0.311 e. The van der Waals surface area contributed by atoms with E-state index in [0.29, 0.717) is 24.5 Å². The second kappa shape index (κ2) is 12.4. The molecule has 1 aromatic rings. The first-order valence-corrected chi connectivity index (χ1v) is 15.0. The number of carbonyl (C=O) groups excluding carboxylic acids is 1. The Morgan fingerprint density at radius 2 is 1.92 bits per heavy atom. The number of nitrogens with zero attached hydrogens (tertiary/aromatic N) is 3. The van der Waals surface area contributed by atoms with E-state index in [2.05, 4.69) is 75.7 Å². The first kappa shape index (κ1) is 29.6. The highest BCUT2D eigenvalue weighted by molar-refractivity contribution is 5.74. The summed E-state index contributed by atoms with van der Waals surface area (Å²) in [5.74, 6) is 2.03. The van der Waals surface area contributed by atoms with Crippen LogP contribution in [-0.2, 0) is 10.2 Å². The molecule has 2 heterocycles. The first-order chi connectivity index (χ1) is 18.5. The van der Waals surface area contributed by atoms with E-state index >= 15 is 0 Å². The Balaban J connectivity index is 1.57. The molecule has 2 atom stereocenters. The Morgan fingerprint density at radius 3 is 2.64 bits per heavy atom. The molecule has 2 aliphatic heterocycles. The van der Waals surface area contributed by atoms with E-state index in [-0.39, 0.29) is 22.9 Å². The lowest BCUT2D eigenvalue weighted by atomic mass is 9.66. The summed E-state index contributed by atoms with van der Waals surface area (Å²) >= 11 is 0. The zero-order valence-electron chi connectivity index (χ0n) is 25.1. The molecule has 0 spiro atoms. The lowest BCUT2D eigenvalue weighted by Gasteiger charge is -2.47. The van der Waals surface area contributed by atoms with Gasteiger partial charge in [-0.3, -0.25) is 4.79 Å². The number of ether oxygens (including phenoxy) is 2. The average molecular weight is 536 g/mol. The molecular weight excluding hydrogens is 486 g/mol. The molecule has 4 rings (SSSR count). The molecule has 6 nitrogen and oxygen atoms in total. The molecule has 6 heteroatoms. The van der Waals surface area contributed by atoms with Crippen LogP contribution in [0.5, 0.6) is 11.5 Å². The number of hydrogen-bond acceptors (Lipinski definition) is 6. The molecule has 0 N–H and O–H groups in total. The Labute approximate surface area is 236 Å². The number of likely N-dealkylation sites (N-methyl/N-ethyl adjacent to an activating group) is 1. The molecule has 214 valence electrons. The number of rotatable bonds is 10. The first-order valence-electron chi connectivity index (χ1n) is 15.0. The van der Waals surface area contributed by atoms with Crippen molar-refractivity contribution in [3.8, 4) is 17.6 Å². The highest BCUT2D eigenvalue weighted by Gasteiger charge is 2.46. The zero-order valence-corrected chi connectivity index (χ0v) is 25.1. The summed E-state index contributed by atoms with van der Waals surface area (Å²) in [6, 6.07) is 6.58. The summed E-state index contributed by atoms with van der Waals surface area (Å²) in [5, 5.41) is 8.95. The molecule has 0 bridgehead atoms. The number of esters is 1. The van der Waals surface area contributed by atoms with Crippen LogP contribution in [-0.4, -0.2) is 61.1 Å². The fourth-order valence-corrected chi connectivity index (χ4v) is 6.63. The third kappa shape index (κ3) is 7.24. The summed E-state index contributed by atoms with van der Waals surface area (Å²) in [5.41, 5.74) is 3.18. The van der Waals surface area contributed by atoms with Crippen molar-refractivity contribution in [3.05, 3.63) is 34.9 Å². The van der Waals surface area contributed by atoms with Crippen LogP contribution in [0.15, 0.2) is 23.8 Å². The van der Waals surface area contributed by atoms with Gasteiger partial charge >= 0.3 is 5.97 Å². The maximum atomic E-state index is 13.2. The van der Waals surface area contributed by atoms with Gasteiger partial charge in [-0.05, 0) is 89.6 Å². The van der Waals surface area contributed by atoms with Crippen molar-refractivity contribution in [2.45, 2.75) is 103 Å². The molecule has 0 amide bonds. The molecule has 1 aromatic carbocycles. The van der Waals surface area contributed by atoms with Gasteiger partial charge in [0.05, 0.1) is 6.07 Å². The van der Waals surface area contributed by atoms with Crippen molar-refractivity contribution in [2.75, 3.05) is 39.8 Å². The van der Waals surface area contributed by atoms with Crippen LogP contribution in [0.4, 0.5) is 0 Å². The average Bonchev–Trinajstić information content (AvgIpc) is 2.87. The Hall–Kier alpha value is -2.36. The van der Waals surface area contributed by atoms with Crippen LogP contribution in [0, 0.1) is 17.2 Å². The zero-order chi connectivity index (χ0) is 28.2. The van der Waals surface area contributed by atoms with Crippen LogP contribution in [0.2, 0.25) is 0 Å². The minimum absolute atomic E-state index is 0.125. The Morgan fingerprint density at radius 1 is 1.18 bits per heavy atom. The largest absolute Gasteiger partial charge is 0.487 e. The topological polar surface area (TPSA) is 65.8 Å². The van der Waals surface area contributed by atoms with Gasteiger partial charge < -0.3 is 19.3 Å². The normalized spacial score (nSPS) is 23.2. The summed E-state index contributed by atoms with van der Waals surface area (Å²) < 4.78 is 13.0. The SMILES string of the molecule is CC1=CC[C@@H]2[C@@H](C1)c1c(OC(=O)CCCN3CCN(C)CC3)cc(C(C)(C)CCCCC#N)cc1OC2(C)C. The van der Waals surface area contributed by atoms with Gasteiger partial charge in [-0.2, -0.15) is 5.26 Å². The minimum atomic E-state index is -0.297. The molecular formula is C33H49N3O3. The van der Waals surface area contributed by atoms with E-state index < -0.39 is 0 Å². The minimum Gasteiger partial charge on any atom is -0.487 e. The van der Waals surface area contributed by atoms with Gasteiger partial charge in [0.15, 0.2) is 0 Å². The number of piperazine rings is 1. The fourth-order valence-electron chi connectivity index (χ4n) is 6.63. The molecule has 0 unspecified atom stereocenters. The highest BCUT2D eigenvalue weighted by atomic mass is 16.5. The van der Waals surface area contributed by atoms with Crippen molar-refractivity contribution in [3.63, 3.8) is 0 Å². The van der Waals surface area contributed by atoms with Crippen molar-refractivity contribution in [1.82, 2.24) is 9.80 Å². The number of allylic oxidation sites excluding steroid dienone is 2. The van der Waals surface area contributed by atoms with Gasteiger partial charge in [0, 0.05) is 56.4 Å². The van der Waals surface area contributed by atoms with Crippen molar-refractivity contribution in [2.24, 2.45) is 5.92 Å². The second-order valence-corrected chi connectivity index (χ2v) is 13.3. The molecule has 1 aliphatic carbocycles. The maximum absolute atomic E-state index is 13.2. The van der Waals surface area contributed by atoms with Gasteiger partial charge in [-0.15, -0.1) is 0 Å². The van der Waals surface area contributed by atoms with E-state index in [1.807, 2.05) is 0 Å². The monoisotopic (exact) mass is 535 g/mol. The third-order valence-electron chi connectivity index (χ3n) is 9.29. The molecule has 0 radical (unpaired) electrons. The van der Waals surface area contributed by atoms with Crippen LogP contribution in [0.25, 0.3) is 0 Å². The standard InChI is InChI=1S/C33H49N3O3/c1-24-12-13-27-26(21-24)31-28(38-30(37)11-10-16-36-19-17-35(6)18-20-36)22-25(23-29(31)39-33(27,4)5)32(2,3)14-8-7-9-15-34/h12,22-23,26-27H,7-11,13-14,16-21H2,1-6H3/t26-,27-/m1/s1. The quantitative estimate of drug-likeness (QED) is 0.146. The van der Waals surface area contributed by atoms with E-state index in [0.717, 1.165) is 88.1 Å². The molecule has 1 saturated heterocycles. The summed E-state index contributed by atoms with van der Waals surface area (Å²) in [6.07, 6.45) is 8.96. The van der Waals surface area contributed by atoms with Crippen molar-refractivity contribution < 1.29 is 14.3 Å². The van der Waals surface area contributed by atoms with Gasteiger partial charge in [0.2, 0.25) is 0 Å². The number of hydrogen-bond donors (Lipinski definition) is 0. The number of benzene rings is 1. The van der Waals surface area contributed by atoms with Crippen LogP contribution >= 0.6 is 0 Å². The van der Waals surface area contributed by atoms with Crippen molar-refractivity contribution in [1.29, 1.82) is 5.26 Å². The lowest BCUT2D eigenvalue weighted by molar-refractivity contribution is -0.134.